The normalized spacial score (nSPS) is 11.9. The smallest absolute Gasteiger partial charge is 0.270 e. The van der Waals surface area contributed by atoms with Crippen molar-refractivity contribution in [2.45, 2.75) is 19.4 Å². The van der Waals surface area contributed by atoms with Gasteiger partial charge in [-0.3, -0.25) is 0 Å². The van der Waals surface area contributed by atoms with E-state index in [2.05, 4.69) is 27.8 Å². The first-order valence-electron chi connectivity index (χ1n) is 10.2. The van der Waals surface area contributed by atoms with E-state index in [1.165, 1.54) is 22.2 Å². The molecule has 0 aliphatic carbocycles. The summed E-state index contributed by atoms with van der Waals surface area (Å²) >= 11 is 1.69. The fraction of sp³-hybridized carbons (Fsp3) is 0.160. The predicted molar refractivity (Wildman–Crippen MR) is 127 cm³/mol. The van der Waals surface area contributed by atoms with E-state index in [0.717, 1.165) is 29.4 Å². The van der Waals surface area contributed by atoms with Crippen LogP contribution in [0.25, 0.3) is 21.1 Å². The number of methoxy groups -OCH3 is 1. The molecule has 2 heterocycles. The lowest BCUT2D eigenvalue weighted by molar-refractivity contribution is 0.0176. The van der Waals surface area contributed by atoms with Crippen molar-refractivity contribution in [3.05, 3.63) is 83.2 Å². The lowest BCUT2D eigenvalue weighted by Crippen LogP contribution is -2.07. The summed E-state index contributed by atoms with van der Waals surface area (Å²) < 4.78 is 36.3. The Morgan fingerprint density at radius 1 is 1.06 bits per heavy atom. The van der Waals surface area contributed by atoms with E-state index >= 15 is 0 Å². The Hall–Kier alpha value is -3.45. The van der Waals surface area contributed by atoms with Gasteiger partial charge in [0.05, 0.1) is 24.7 Å². The lowest BCUT2D eigenvalue weighted by Gasteiger charge is -2.12. The molecule has 3 aromatic carbocycles. The average molecular weight is 450 g/mol. The summed E-state index contributed by atoms with van der Waals surface area (Å²) in [6.45, 7) is 1.47. The molecule has 5 aromatic rings. The number of alkyl halides is 2. The second-order valence-electron chi connectivity index (χ2n) is 7.72. The number of halogens is 2. The zero-order chi connectivity index (χ0) is 22.3. The van der Waals surface area contributed by atoms with Crippen molar-refractivity contribution >= 4 is 44.1 Å². The van der Waals surface area contributed by atoms with Gasteiger partial charge in [-0.25, -0.2) is 13.8 Å². The molecule has 0 amide bonds. The first-order chi connectivity index (χ1) is 15.4. The van der Waals surface area contributed by atoms with Crippen LogP contribution in [0.2, 0.25) is 0 Å². The van der Waals surface area contributed by atoms with E-state index in [0.29, 0.717) is 18.0 Å². The molecule has 0 radical (unpaired) electrons. The van der Waals surface area contributed by atoms with Gasteiger partial charge in [-0.1, -0.05) is 24.3 Å². The molecule has 32 heavy (non-hydrogen) atoms. The molecule has 0 fully saturated rings. The Labute approximate surface area is 188 Å². The third-order valence-corrected chi connectivity index (χ3v) is 6.50. The minimum Gasteiger partial charge on any atom is -0.497 e. The third kappa shape index (κ3) is 3.80. The van der Waals surface area contributed by atoms with Crippen molar-refractivity contribution < 1.29 is 13.5 Å². The zero-order valence-electron chi connectivity index (χ0n) is 17.6. The molecule has 0 aliphatic rings. The Bertz CT molecular complexity index is 1400. The second kappa shape index (κ2) is 7.91. The monoisotopic (exact) mass is 449 g/mol. The van der Waals surface area contributed by atoms with Gasteiger partial charge in [-0.2, -0.15) is 0 Å². The van der Waals surface area contributed by atoms with Gasteiger partial charge >= 0.3 is 0 Å². The number of imidazole rings is 1. The van der Waals surface area contributed by atoms with Crippen molar-refractivity contribution in [3.63, 3.8) is 0 Å². The SMILES string of the molecule is COc1ccc(Nc2nc3cc(C(C)(F)F)ccc3n2Cc2csc3ccccc23)cc1. The van der Waals surface area contributed by atoms with Crippen LogP contribution in [-0.2, 0) is 12.5 Å². The number of aromatic nitrogens is 2. The number of hydrogen-bond donors (Lipinski definition) is 1. The maximum atomic E-state index is 13.9. The van der Waals surface area contributed by atoms with E-state index in [1.54, 1.807) is 24.5 Å². The van der Waals surface area contributed by atoms with Crippen LogP contribution in [0, 0.1) is 0 Å². The van der Waals surface area contributed by atoms with Gasteiger partial charge in [0.1, 0.15) is 5.75 Å². The Morgan fingerprint density at radius 2 is 1.84 bits per heavy atom. The number of anilines is 2. The topological polar surface area (TPSA) is 39.1 Å². The molecule has 0 atom stereocenters. The van der Waals surface area contributed by atoms with Crippen molar-refractivity contribution in [2.75, 3.05) is 12.4 Å². The van der Waals surface area contributed by atoms with Gasteiger partial charge < -0.3 is 14.6 Å². The molecule has 2 aromatic heterocycles. The first-order valence-corrected chi connectivity index (χ1v) is 11.0. The summed E-state index contributed by atoms with van der Waals surface area (Å²) in [5.41, 5.74) is 3.27. The van der Waals surface area contributed by atoms with Crippen LogP contribution in [-0.4, -0.2) is 16.7 Å². The van der Waals surface area contributed by atoms with E-state index in [-0.39, 0.29) is 5.56 Å². The van der Waals surface area contributed by atoms with Gasteiger partial charge in [0.25, 0.3) is 5.92 Å². The summed E-state index contributed by atoms with van der Waals surface area (Å²) in [7, 11) is 1.62. The molecular formula is C25H21F2N3OS. The molecular weight excluding hydrogens is 428 g/mol. The maximum absolute atomic E-state index is 13.9. The summed E-state index contributed by atoms with van der Waals surface area (Å²) in [6, 6.07) is 20.4. The van der Waals surface area contributed by atoms with Crippen LogP contribution >= 0.6 is 11.3 Å². The standard InChI is InChI=1S/C25H21F2N3OS/c1-25(26,27)17-7-12-22-21(13-17)29-24(28-18-8-10-19(31-2)11-9-18)30(22)14-16-15-32-23-6-4-3-5-20(16)23/h3-13,15H,14H2,1-2H3,(H,28,29). The van der Waals surface area contributed by atoms with Gasteiger partial charge in [-0.15, -0.1) is 11.3 Å². The first kappa shape index (κ1) is 20.5. The molecule has 5 rings (SSSR count). The van der Waals surface area contributed by atoms with E-state index in [4.69, 9.17) is 4.74 Å². The van der Waals surface area contributed by atoms with Gasteiger partial charge in [0.2, 0.25) is 5.95 Å². The number of ether oxygens (including phenoxy) is 1. The third-order valence-electron chi connectivity index (χ3n) is 5.49. The van der Waals surface area contributed by atoms with E-state index in [9.17, 15) is 8.78 Å². The van der Waals surface area contributed by atoms with Gasteiger partial charge in [0.15, 0.2) is 0 Å². The van der Waals surface area contributed by atoms with E-state index in [1.807, 2.05) is 41.0 Å². The highest BCUT2D eigenvalue weighted by Crippen LogP contribution is 2.33. The number of thiophene rings is 1. The maximum Gasteiger partial charge on any atom is 0.270 e. The molecule has 0 aliphatic heterocycles. The van der Waals surface area contributed by atoms with Crippen molar-refractivity contribution in [2.24, 2.45) is 0 Å². The number of rotatable bonds is 6. The number of nitrogens with one attached hydrogen (secondary N) is 1. The lowest BCUT2D eigenvalue weighted by atomic mass is 10.1. The number of benzene rings is 3. The molecule has 7 heteroatoms. The van der Waals surface area contributed by atoms with Crippen LogP contribution in [0.1, 0.15) is 18.1 Å². The molecule has 0 spiro atoms. The van der Waals surface area contributed by atoms with Crippen LogP contribution in [0.3, 0.4) is 0 Å². The number of nitrogens with zero attached hydrogens (tertiary/aromatic N) is 2. The van der Waals surface area contributed by atoms with Crippen LogP contribution in [0.15, 0.2) is 72.1 Å². The molecule has 162 valence electrons. The number of fused-ring (bicyclic) bond motifs is 2. The quantitative estimate of drug-likeness (QED) is 0.299. The van der Waals surface area contributed by atoms with Crippen molar-refractivity contribution in [1.29, 1.82) is 0 Å². The van der Waals surface area contributed by atoms with Crippen LogP contribution < -0.4 is 10.1 Å². The van der Waals surface area contributed by atoms with E-state index < -0.39 is 5.92 Å². The van der Waals surface area contributed by atoms with Gasteiger partial charge in [-0.05, 0) is 58.8 Å². The number of hydrogen-bond acceptors (Lipinski definition) is 4. The van der Waals surface area contributed by atoms with Crippen LogP contribution in [0.5, 0.6) is 5.75 Å². The minimum atomic E-state index is -2.93. The zero-order valence-corrected chi connectivity index (χ0v) is 18.4. The molecule has 1 N–H and O–H groups in total. The fourth-order valence-corrected chi connectivity index (χ4v) is 4.74. The Balaban J connectivity index is 1.61. The highest BCUT2D eigenvalue weighted by molar-refractivity contribution is 7.17. The second-order valence-corrected chi connectivity index (χ2v) is 8.64. The minimum absolute atomic E-state index is 0.0494. The molecule has 4 nitrogen and oxygen atoms in total. The summed E-state index contributed by atoms with van der Waals surface area (Å²) in [5, 5.41) is 6.67. The molecule has 0 unspecified atom stereocenters. The van der Waals surface area contributed by atoms with Gasteiger partial charge in [0, 0.05) is 22.9 Å². The molecule has 0 saturated heterocycles. The highest BCUT2D eigenvalue weighted by atomic mass is 32.1. The predicted octanol–water partition coefficient (Wildman–Crippen LogP) is 7.16. The largest absolute Gasteiger partial charge is 0.497 e. The molecule has 0 bridgehead atoms. The Kier molecular flexibility index (Phi) is 5.06. The summed E-state index contributed by atoms with van der Waals surface area (Å²) in [6.07, 6.45) is 0. The van der Waals surface area contributed by atoms with Crippen molar-refractivity contribution in [1.82, 2.24) is 9.55 Å². The van der Waals surface area contributed by atoms with Crippen molar-refractivity contribution in [3.8, 4) is 5.75 Å². The summed E-state index contributed by atoms with van der Waals surface area (Å²) in [5.74, 6) is -1.58. The fourth-order valence-electron chi connectivity index (χ4n) is 3.79. The highest BCUT2D eigenvalue weighted by Gasteiger charge is 2.25. The summed E-state index contributed by atoms with van der Waals surface area (Å²) in [4.78, 5) is 4.68. The molecule has 0 saturated carbocycles. The van der Waals surface area contributed by atoms with Crippen LogP contribution in [0.4, 0.5) is 20.4 Å². The average Bonchev–Trinajstić information content (AvgIpc) is 3.35. The Morgan fingerprint density at radius 3 is 2.59 bits per heavy atom.